The van der Waals surface area contributed by atoms with Gasteiger partial charge in [-0.15, -0.1) is 0 Å². The molecule has 0 unspecified atom stereocenters. The third-order valence-electron chi connectivity index (χ3n) is 3.28. The van der Waals surface area contributed by atoms with E-state index in [-0.39, 0.29) is 12.0 Å². The number of ether oxygens (including phenoxy) is 1. The highest BCUT2D eigenvalue weighted by atomic mass is 16.5. The third-order valence-corrected chi connectivity index (χ3v) is 3.28. The lowest BCUT2D eigenvalue weighted by molar-refractivity contribution is -0.147. The van der Waals surface area contributed by atoms with E-state index in [0.717, 1.165) is 0 Å². The number of carbonyl (C=O) groups excluding carboxylic acids is 1. The van der Waals surface area contributed by atoms with Crippen LogP contribution in [-0.4, -0.2) is 58.1 Å². The van der Waals surface area contributed by atoms with Crippen LogP contribution in [0.2, 0.25) is 6.82 Å². The summed E-state index contributed by atoms with van der Waals surface area (Å²) in [5.41, 5.74) is 0. The molecule has 1 saturated heterocycles. The summed E-state index contributed by atoms with van der Waals surface area (Å²) in [6.07, 6.45) is 3.86. The Kier molecular flexibility index (Phi) is 4.91. The summed E-state index contributed by atoms with van der Waals surface area (Å²) in [7, 11) is -0.701. The zero-order valence-corrected chi connectivity index (χ0v) is 11.7. The van der Waals surface area contributed by atoms with Gasteiger partial charge in [-0.25, -0.2) is 9.97 Å². The first-order valence-electron chi connectivity index (χ1n) is 6.75. The molecule has 1 aliphatic heterocycles. The number of nitrogens with zero attached hydrogens (tertiary/aromatic N) is 3. The van der Waals surface area contributed by atoms with Gasteiger partial charge < -0.3 is 19.9 Å². The summed E-state index contributed by atoms with van der Waals surface area (Å²) in [5, 5.41) is 13.0. The van der Waals surface area contributed by atoms with E-state index in [1.807, 2.05) is 0 Å². The quantitative estimate of drug-likeness (QED) is 0.579. The van der Waals surface area contributed by atoms with E-state index in [2.05, 4.69) is 15.3 Å². The molecule has 2 N–H and O–H groups in total. The van der Waals surface area contributed by atoms with Crippen molar-refractivity contribution < 1.29 is 14.6 Å². The van der Waals surface area contributed by atoms with E-state index < -0.39 is 13.1 Å². The van der Waals surface area contributed by atoms with Crippen molar-refractivity contribution in [2.45, 2.75) is 32.3 Å². The standard InChI is InChI=1S/C12H19BN4O3/c1-3-20-11(18)10-7-9(8-17(10)13(2)19)16-12-14-5-4-6-15-12/h4-6,9-10,19H,3,7-8H2,1-2H3,(H,14,15,16)/t9-,10+/m1/s1. The van der Waals surface area contributed by atoms with Crippen LogP contribution >= 0.6 is 0 Å². The molecule has 1 fully saturated rings. The molecule has 1 aromatic rings. The van der Waals surface area contributed by atoms with Gasteiger partial charge in [0.05, 0.1) is 6.61 Å². The lowest BCUT2D eigenvalue weighted by Gasteiger charge is -2.22. The van der Waals surface area contributed by atoms with Gasteiger partial charge in [-0.1, -0.05) is 0 Å². The lowest BCUT2D eigenvalue weighted by Crippen LogP contribution is -2.45. The Bertz CT molecular complexity index is 446. The predicted octanol–water partition coefficient (Wildman–Crippen LogP) is 0.00480. The van der Waals surface area contributed by atoms with Crippen LogP contribution in [0, 0.1) is 0 Å². The zero-order valence-electron chi connectivity index (χ0n) is 11.7. The van der Waals surface area contributed by atoms with Crippen LogP contribution in [0.25, 0.3) is 0 Å². The maximum atomic E-state index is 11.9. The van der Waals surface area contributed by atoms with Gasteiger partial charge in [0.25, 0.3) is 0 Å². The Morgan fingerprint density at radius 3 is 2.90 bits per heavy atom. The molecule has 0 amide bonds. The summed E-state index contributed by atoms with van der Waals surface area (Å²) in [6, 6.07) is 1.31. The number of aromatic nitrogens is 2. The Hall–Kier alpha value is -1.67. The molecule has 0 bridgehead atoms. The van der Waals surface area contributed by atoms with Crippen LogP contribution in [0.4, 0.5) is 5.95 Å². The maximum Gasteiger partial charge on any atom is 0.377 e. The van der Waals surface area contributed by atoms with Gasteiger partial charge in [-0.2, -0.15) is 0 Å². The second-order valence-electron chi connectivity index (χ2n) is 4.75. The van der Waals surface area contributed by atoms with Gasteiger partial charge in [0.2, 0.25) is 5.95 Å². The molecule has 108 valence electrons. The summed E-state index contributed by atoms with van der Waals surface area (Å²) < 4.78 is 5.05. The van der Waals surface area contributed by atoms with Gasteiger partial charge in [-0.05, 0) is 26.2 Å². The molecule has 20 heavy (non-hydrogen) atoms. The zero-order chi connectivity index (χ0) is 14.5. The topological polar surface area (TPSA) is 87.6 Å². The van der Waals surface area contributed by atoms with Crippen molar-refractivity contribution in [2.75, 3.05) is 18.5 Å². The predicted molar refractivity (Wildman–Crippen MR) is 75.0 cm³/mol. The third kappa shape index (κ3) is 3.46. The molecular formula is C12H19BN4O3. The Labute approximate surface area is 118 Å². The van der Waals surface area contributed by atoms with E-state index in [9.17, 15) is 9.82 Å². The van der Waals surface area contributed by atoms with Gasteiger partial charge in [0.15, 0.2) is 0 Å². The van der Waals surface area contributed by atoms with Crippen LogP contribution in [0.5, 0.6) is 0 Å². The molecule has 8 heteroatoms. The molecule has 2 heterocycles. The monoisotopic (exact) mass is 278 g/mol. The average molecular weight is 278 g/mol. The van der Waals surface area contributed by atoms with Gasteiger partial charge >= 0.3 is 13.0 Å². The van der Waals surface area contributed by atoms with Crippen molar-refractivity contribution in [3.8, 4) is 0 Å². The van der Waals surface area contributed by atoms with Gasteiger partial charge in [0, 0.05) is 25.0 Å². The molecule has 0 aromatic carbocycles. The molecule has 0 spiro atoms. The molecule has 2 rings (SSSR count). The summed E-state index contributed by atoms with van der Waals surface area (Å²) in [5.74, 6) is 0.222. The molecule has 0 saturated carbocycles. The fourth-order valence-corrected chi connectivity index (χ4v) is 2.40. The molecule has 0 aliphatic carbocycles. The minimum absolute atomic E-state index is 0.00130. The Balaban J connectivity index is 2.02. The SMILES string of the molecule is CCOC(=O)[C@@H]1C[C@@H](Nc2ncccn2)CN1B(C)O. The van der Waals surface area contributed by atoms with Crippen LogP contribution in [0.15, 0.2) is 18.5 Å². The highest BCUT2D eigenvalue weighted by Crippen LogP contribution is 2.22. The number of rotatable bonds is 5. The van der Waals surface area contributed by atoms with E-state index >= 15 is 0 Å². The Morgan fingerprint density at radius 1 is 1.60 bits per heavy atom. The fraction of sp³-hybridized carbons (Fsp3) is 0.583. The average Bonchev–Trinajstić information content (AvgIpc) is 2.84. The number of esters is 1. The van der Waals surface area contributed by atoms with E-state index in [1.54, 1.807) is 37.0 Å². The summed E-state index contributed by atoms with van der Waals surface area (Å²) in [6.45, 7) is 4.29. The number of nitrogens with one attached hydrogen (secondary N) is 1. The van der Waals surface area contributed by atoms with Gasteiger partial charge in [0.1, 0.15) is 6.04 Å². The van der Waals surface area contributed by atoms with Crippen molar-refractivity contribution in [3.05, 3.63) is 18.5 Å². The van der Waals surface area contributed by atoms with Crippen molar-refractivity contribution in [3.63, 3.8) is 0 Å². The first kappa shape index (κ1) is 14.7. The van der Waals surface area contributed by atoms with Crippen molar-refractivity contribution in [1.29, 1.82) is 0 Å². The first-order valence-corrected chi connectivity index (χ1v) is 6.75. The largest absolute Gasteiger partial charge is 0.465 e. The van der Waals surface area contributed by atoms with Crippen LogP contribution in [-0.2, 0) is 9.53 Å². The number of anilines is 1. The second kappa shape index (κ2) is 6.67. The highest BCUT2D eigenvalue weighted by molar-refractivity contribution is 6.45. The number of hydrogen-bond donors (Lipinski definition) is 2. The lowest BCUT2D eigenvalue weighted by atomic mass is 9.84. The van der Waals surface area contributed by atoms with Crippen molar-refractivity contribution in [2.24, 2.45) is 0 Å². The minimum atomic E-state index is -0.701. The summed E-state index contributed by atoms with van der Waals surface area (Å²) >= 11 is 0. The van der Waals surface area contributed by atoms with Crippen molar-refractivity contribution >= 4 is 19.0 Å². The van der Waals surface area contributed by atoms with E-state index in [1.165, 1.54) is 0 Å². The van der Waals surface area contributed by atoms with Crippen molar-refractivity contribution in [1.82, 2.24) is 14.8 Å². The highest BCUT2D eigenvalue weighted by Gasteiger charge is 2.41. The molecule has 1 aliphatic rings. The fourth-order valence-electron chi connectivity index (χ4n) is 2.40. The molecule has 0 radical (unpaired) electrons. The minimum Gasteiger partial charge on any atom is -0.465 e. The first-order chi connectivity index (χ1) is 9.61. The smallest absolute Gasteiger partial charge is 0.377 e. The number of carbonyl (C=O) groups is 1. The summed E-state index contributed by atoms with van der Waals surface area (Å²) in [4.78, 5) is 21.8. The van der Waals surface area contributed by atoms with Gasteiger partial charge in [-0.3, -0.25) is 4.79 Å². The number of hydrogen-bond acceptors (Lipinski definition) is 7. The van der Waals surface area contributed by atoms with Crippen LogP contribution in [0.1, 0.15) is 13.3 Å². The normalized spacial score (nSPS) is 22.6. The van der Waals surface area contributed by atoms with Crippen LogP contribution in [0.3, 0.4) is 0 Å². The Morgan fingerprint density at radius 2 is 2.30 bits per heavy atom. The maximum absolute atomic E-state index is 11.9. The van der Waals surface area contributed by atoms with E-state index in [4.69, 9.17) is 4.74 Å². The molecular weight excluding hydrogens is 259 g/mol. The molecule has 2 atom stereocenters. The van der Waals surface area contributed by atoms with Crippen LogP contribution < -0.4 is 5.32 Å². The second-order valence-corrected chi connectivity index (χ2v) is 4.75. The molecule has 1 aromatic heterocycles. The van der Waals surface area contributed by atoms with E-state index in [0.29, 0.717) is 25.5 Å². The molecule has 7 nitrogen and oxygen atoms in total.